The molecule has 2 heterocycles. The number of amides is 2. The number of rotatable bonds is 1. The highest BCUT2D eigenvalue weighted by Crippen LogP contribution is 2.25. The number of hydrogen-bond acceptors (Lipinski definition) is 5. The Morgan fingerprint density at radius 1 is 1.85 bits per heavy atom. The average Bonchev–Trinajstić information content (AvgIpc) is 2.61. The minimum atomic E-state index is -0.790. The molecule has 70 valence electrons. The Kier molecular flexibility index (Phi) is 1.79. The van der Waals surface area contributed by atoms with Crippen molar-refractivity contribution in [2.24, 2.45) is 0 Å². The van der Waals surface area contributed by atoms with Crippen LogP contribution in [0, 0.1) is 0 Å². The molecule has 1 aromatic rings. The summed E-state index contributed by atoms with van der Waals surface area (Å²) in [7, 11) is 1.70. The molecule has 0 aliphatic carbocycles. The van der Waals surface area contributed by atoms with E-state index in [1.54, 1.807) is 12.6 Å². The maximum Gasteiger partial charge on any atom is 0.425 e. The van der Waals surface area contributed by atoms with Gasteiger partial charge in [0.05, 0.1) is 7.05 Å². The minimum absolute atomic E-state index is 0.0220. The van der Waals surface area contributed by atoms with Crippen molar-refractivity contribution < 1.29 is 9.90 Å². The first-order chi connectivity index (χ1) is 6.13. The van der Waals surface area contributed by atoms with Gasteiger partial charge in [-0.15, -0.1) is 5.10 Å². The van der Waals surface area contributed by atoms with Crippen LogP contribution < -0.4 is 9.80 Å². The Bertz CT molecular complexity index is 327. The number of carbonyl (C=O) groups excluding carboxylic acids is 1. The van der Waals surface area contributed by atoms with Crippen LogP contribution in [-0.2, 0) is 0 Å². The van der Waals surface area contributed by atoms with Crippen LogP contribution >= 0.6 is 11.3 Å². The van der Waals surface area contributed by atoms with Gasteiger partial charge in [-0.3, -0.25) is 5.32 Å². The van der Waals surface area contributed by atoms with Gasteiger partial charge in [0.15, 0.2) is 6.23 Å². The molecule has 2 unspecified atom stereocenters. The Balaban J connectivity index is 2.36. The lowest BCUT2D eigenvalue weighted by Gasteiger charge is -2.18. The SMILES string of the molecule is C[N+]1(c2nncs2)CC(O)NC1=O. The third-order valence-electron chi connectivity index (χ3n) is 2.05. The number of nitrogens with one attached hydrogen (secondary N) is 1. The number of carbonyl (C=O) groups is 1. The smallest absolute Gasteiger partial charge is 0.368 e. The molecule has 0 saturated carbocycles. The van der Waals surface area contributed by atoms with E-state index in [0.29, 0.717) is 11.7 Å². The van der Waals surface area contributed by atoms with E-state index in [1.165, 1.54) is 11.3 Å². The van der Waals surface area contributed by atoms with Gasteiger partial charge in [-0.05, 0) is 11.3 Å². The predicted octanol–water partition coefficient (Wildman–Crippen LogP) is -0.483. The van der Waals surface area contributed by atoms with Crippen LogP contribution in [0.1, 0.15) is 0 Å². The molecule has 6 nitrogen and oxygen atoms in total. The molecule has 1 aliphatic heterocycles. The first-order valence-corrected chi connectivity index (χ1v) is 4.62. The first kappa shape index (κ1) is 8.54. The molecule has 1 fully saturated rings. The Labute approximate surface area is 78.4 Å². The summed E-state index contributed by atoms with van der Waals surface area (Å²) < 4.78 is -0.0220. The molecule has 7 heteroatoms. The monoisotopic (exact) mass is 201 g/mol. The van der Waals surface area contributed by atoms with Crippen LogP contribution in [0.4, 0.5) is 9.93 Å². The summed E-state index contributed by atoms with van der Waals surface area (Å²) in [5.74, 6) is 0. The third kappa shape index (κ3) is 1.21. The van der Waals surface area contributed by atoms with E-state index >= 15 is 0 Å². The molecule has 0 bridgehead atoms. The molecule has 1 saturated heterocycles. The van der Waals surface area contributed by atoms with Crippen LogP contribution in [0.3, 0.4) is 0 Å². The summed E-state index contributed by atoms with van der Waals surface area (Å²) in [6, 6.07) is -0.246. The number of aliphatic hydroxyl groups is 1. The molecular weight excluding hydrogens is 192 g/mol. The van der Waals surface area contributed by atoms with Crippen molar-refractivity contribution in [3.63, 3.8) is 0 Å². The quantitative estimate of drug-likeness (QED) is 0.602. The van der Waals surface area contributed by atoms with E-state index in [0.717, 1.165) is 0 Å². The van der Waals surface area contributed by atoms with Crippen molar-refractivity contribution in [1.29, 1.82) is 0 Å². The summed E-state index contributed by atoms with van der Waals surface area (Å²) in [6.45, 7) is 0.300. The van der Waals surface area contributed by atoms with Gasteiger partial charge in [-0.1, -0.05) is 5.10 Å². The molecule has 1 aromatic heterocycles. The summed E-state index contributed by atoms with van der Waals surface area (Å²) >= 11 is 1.30. The minimum Gasteiger partial charge on any atom is -0.368 e. The van der Waals surface area contributed by atoms with Gasteiger partial charge in [0, 0.05) is 0 Å². The average molecular weight is 201 g/mol. The molecule has 2 rings (SSSR count). The normalized spacial score (nSPS) is 33.4. The predicted molar refractivity (Wildman–Crippen MR) is 47.0 cm³/mol. The standard InChI is InChI=1S/C6H8N4O2S/c1-10(6-9-7-3-13-6)2-4(11)8-5(10)12/h3-4,11H,2H2,1H3/p+1. The molecule has 13 heavy (non-hydrogen) atoms. The molecule has 2 amide bonds. The molecule has 2 atom stereocenters. The number of hydrogen-bond donors (Lipinski definition) is 2. The van der Waals surface area contributed by atoms with Gasteiger partial charge >= 0.3 is 11.2 Å². The Morgan fingerprint density at radius 2 is 2.62 bits per heavy atom. The van der Waals surface area contributed by atoms with Crippen molar-refractivity contribution in [1.82, 2.24) is 20.0 Å². The number of quaternary nitrogens is 1. The van der Waals surface area contributed by atoms with E-state index in [1.807, 2.05) is 0 Å². The zero-order chi connectivity index (χ0) is 9.47. The Morgan fingerprint density at radius 3 is 3.08 bits per heavy atom. The first-order valence-electron chi connectivity index (χ1n) is 3.74. The fourth-order valence-corrected chi connectivity index (χ4v) is 1.98. The van der Waals surface area contributed by atoms with Crippen molar-refractivity contribution >= 4 is 22.5 Å². The molecular formula is C6H9N4O2S+. The maximum atomic E-state index is 11.4. The summed E-state index contributed by atoms with van der Waals surface area (Å²) in [5.41, 5.74) is 1.57. The summed E-state index contributed by atoms with van der Waals surface area (Å²) in [6.07, 6.45) is -0.790. The molecule has 2 N–H and O–H groups in total. The number of aliphatic hydroxyl groups excluding tert-OH is 1. The van der Waals surface area contributed by atoms with Crippen molar-refractivity contribution in [3.05, 3.63) is 5.51 Å². The lowest BCUT2D eigenvalue weighted by atomic mass is 10.5. The second kappa shape index (κ2) is 2.72. The lowest BCUT2D eigenvalue weighted by Crippen LogP contribution is -2.47. The lowest BCUT2D eigenvalue weighted by molar-refractivity contribution is 0.164. The zero-order valence-electron chi connectivity index (χ0n) is 6.97. The highest BCUT2D eigenvalue weighted by atomic mass is 32.1. The van der Waals surface area contributed by atoms with Crippen molar-refractivity contribution in [3.8, 4) is 0 Å². The van der Waals surface area contributed by atoms with Gasteiger partial charge < -0.3 is 5.11 Å². The van der Waals surface area contributed by atoms with Gasteiger partial charge in [0.2, 0.25) is 0 Å². The molecule has 1 aliphatic rings. The van der Waals surface area contributed by atoms with Gasteiger partial charge in [-0.25, -0.2) is 4.79 Å². The highest BCUT2D eigenvalue weighted by Gasteiger charge is 2.46. The van der Waals surface area contributed by atoms with Crippen LogP contribution in [-0.4, -0.2) is 41.2 Å². The number of aromatic nitrogens is 2. The second-order valence-corrected chi connectivity index (χ2v) is 3.87. The fourth-order valence-electron chi connectivity index (χ4n) is 1.31. The summed E-state index contributed by atoms with van der Waals surface area (Å²) in [4.78, 5) is 11.4. The van der Waals surface area contributed by atoms with E-state index < -0.39 is 6.23 Å². The van der Waals surface area contributed by atoms with Gasteiger partial charge in [-0.2, -0.15) is 4.48 Å². The van der Waals surface area contributed by atoms with Gasteiger partial charge in [0.25, 0.3) is 0 Å². The third-order valence-corrected chi connectivity index (χ3v) is 2.94. The van der Waals surface area contributed by atoms with Crippen LogP contribution in [0.25, 0.3) is 0 Å². The maximum absolute atomic E-state index is 11.4. The second-order valence-electron chi connectivity index (χ2n) is 3.06. The van der Waals surface area contributed by atoms with E-state index in [4.69, 9.17) is 0 Å². The van der Waals surface area contributed by atoms with Gasteiger partial charge in [0.1, 0.15) is 12.1 Å². The topological polar surface area (TPSA) is 75.1 Å². The van der Waals surface area contributed by atoms with Crippen LogP contribution in [0.5, 0.6) is 0 Å². The molecule has 0 radical (unpaired) electrons. The zero-order valence-corrected chi connectivity index (χ0v) is 7.78. The fraction of sp³-hybridized carbons (Fsp3) is 0.500. The van der Waals surface area contributed by atoms with Crippen molar-refractivity contribution in [2.45, 2.75) is 6.23 Å². The summed E-state index contributed by atoms with van der Waals surface area (Å²) in [5, 5.41) is 19.7. The van der Waals surface area contributed by atoms with E-state index in [-0.39, 0.29) is 10.5 Å². The number of likely N-dealkylation sites (N-methyl/N-ethyl adjacent to an activating group) is 1. The highest BCUT2D eigenvalue weighted by molar-refractivity contribution is 7.13. The number of nitrogens with zero attached hydrogens (tertiary/aromatic N) is 3. The van der Waals surface area contributed by atoms with E-state index in [2.05, 4.69) is 15.5 Å². The van der Waals surface area contributed by atoms with E-state index in [9.17, 15) is 9.90 Å². The molecule has 0 aromatic carbocycles. The molecule has 0 spiro atoms. The van der Waals surface area contributed by atoms with Crippen molar-refractivity contribution in [2.75, 3.05) is 13.6 Å². The Hall–Kier alpha value is -1.05. The van der Waals surface area contributed by atoms with Crippen LogP contribution in [0.2, 0.25) is 0 Å². The number of urea groups is 1. The largest absolute Gasteiger partial charge is 0.425 e. The van der Waals surface area contributed by atoms with Crippen LogP contribution in [0.15, 0.2) is 5.51 Å².